The second kappa shape index (κ2) is 9.47. The molecule has 3 rings (SSSR count). The first-order valence-corrected chi connectivity index (χ1v) is 12.0. The Morgan fingerprint density at radius 2 is 1.77 bits per heavy atom. The highest BCUT2D eigenvalue weighted by atomic mass is 32.2. The van der Waals surface area contributed by atoms with Crippen LogP contribution in [-0.2, 0) is 22.9 Å². The lowest BCUT2D eigenvalue weighted by Gasteiger charge is -2.24. The Kier molecular flexibility index (Phi) is 6.97. The third kappa shape index (κ3) is 4.92. The molecule has 2 N–H and O–H groups in total. The summed E-state index contributed by atoms with van der Waals surface area (Å²) in [5.41, 5.74) is 2.40. The quantitative estimate of drug-likeness (QED) is 0.620. The molecule has 1 aliphatic carbocycles. The molecule has 1 aliphatic rings. The Morgan fingerprint density at radius 1 is 1.10 bits per heavy atom. The van der Waals surface area contributed by atoms with E-state index in [1.807, 2.05) is 24.8 Å². The van der Waals surface area contributed by atoms with Gasteiger partial charge >= 0.3 is 5.97 Å². The molecule has 0 spiro atoms. The van der Waals surface area contributed by atoms with Gasteiger partial charge in [0.25, 0.3) is 10.0 Å². The van der Waals surface area contributed by atoms with E-state index < -0.39 is 16.0 Å². The van der Waals surface area contributed by atoms with Crippen molar-refractivity contribution in [2.45, 2.75) is 57.3 Å². The number of carboxylic acids is 1. The summed E-state index contributed by atoms with van der Waals surface area (Å²) in [6.45, 7) is 5.40. The Labute approximate surface area is 178 Å². The number of benzene rings is 1. The van der Waals surface area contributed by atoms with E-state index in [1.54, 1.807) is 12.1 Å². The highest BCUT2D eigenvalue weighted by Gasteiger charge is 2.21. The number of hydrogen-bond donors (Lipinski definition) is 2. The molecule has 0 aliphatic heterocycles. The van der Waals surface area contributed by atoms with Crippen LogP contribution in [0.15, 0.2) is 35.4 Å². The van der Waals surface area contributed by atoms with Gasteiger partial charge < -0.3 is 10.0 Å². The number of anilines is 2. The summed E-state index contributed by atoms with van der Waals surface area (Å²) in [6.07, 6.45) is 7.13. The average Bonchev–Trinajstić information content (AvgIpc) is 2.73. The molecule has 0 radical (unpaired) electrons. The molecule has 2 aromatic rings. The average molecular weight is 432 g/mol. The molecular formula is C22H29N3O4S. The maximum Gasteiger partial charge on any atom is 0.339 e. The minimum atomic E-state index is -3.84. The van der Waals surface area contributed by atoms with Crippen LogP contribution < -0.4 is 9.62 Å². The van der Waals surface area contributed by atoms with Gasteiger partial charge in [0.1, 0.15) is 11.4 Å². The summed E-state index contributed by atoms with van der Waals surface area (Å²) in [5, 5.41) is 9.68. The van der Waals surface area contributed by atoms with Crippen molar-refractivity contribution in [2.24, 2.45) is 0 Å². The molecule has 162 valence electrons. The molecule has 0 saturated heterocycles. The molecule has 7 nitrogen and oxygen atoms in total. The van der Waals surface area contributed by atoms with E-state index in [-0.39, 0.29) is 16.1 Å². The van der Waals surface area contributed by atoms with E-state index in [0.717, 1.165) is 44.1 Å². The molecular weight excluding hydrogens is 402 g/mol. The van der Waals surface area contributed by atoms with Gasteiger partial charge in [-0.15, -0.1) is 0 Å². The molecule has 0 amide bonds. The fourth-order valence-corrected chi connectivity index (χ4v) is 4.96. The van der Waals surface area contributed by atoms with Crippen molar-refractivity contribution in [1.82, 2.24) is 4.98 Å². The van der Waals surface area contributed by atoms with Gasteiger partial charge in [0, 0.05) is 13.1 Å². The van der Waals surface area contributed by atoms with Crippen LogP contribution in [0.2, 0.25) is 0 Å². The minimum Gasteiger partial charge on any atom is -0.478 e. The lowest BCUT2D eigenvalue weighted by atomic mass is 9.92. The fraction of sp³-hybridized carbons (Fsp3) is 0.455. The molecule has 1 aromatic carbocycles. The van der Waals surface area contributed by atoms with E-state index in [9.17, 15) is 18.3 Å². The third-order valence-corrected chi connectivity index (χ3v) is 6.65. The van der Waals surface area contributed by atoms with Gasteiger partial charge in [0.05, 0.1) is 16.8 Å². The number of carboxylic acid groups (broad SMARTS) is 1. The van der Waals surface area contributed by atoms with Crippen molar-refractivity contribution in [3.05, 3.63) is 47.2 Å². The molecule has 0 bridgehead atoms. The van der Waals surface area contributed by atoms with E-state index in [2.05, 4.69) is 9.71 Å². The van der Waals surface area contributed by atoms with Gasteiger partial charge in [-0.3, -0.25) is 4.72 Å². The van der Waals surface area contributed by atoms with Gasteiger partial charge in [-0.05, 0) is 67.9 Å². The van der Waals surface area contributed by atoms with Gasteiger partial charge in [0.15, 0.2) is 0 Å². The first kappa shape index (κ1) is 22.1. The van der Waals surface area contributed by atoms with Crippen molar-refractivity contribution < 1.29 is 18.3 Å². The zero-order valence-electron chi connectivity index (χ0n) is 17.5. The molecule has 1 aromatic heterocycles. The van der Waals surface area contributed by atoms with Gasteiger partial charge in [-0.1, -0.05) is 19.9 Å². The summed E-state index contributed by atoms with van der Waals surface area (Å²) in [6, 6.07) is 6.55. The Bertz CT molecular complexity index is 1020. The molecule has 1 heterocycles. The summed E-state index contributed by atoms with van der Waals surface area (Å²) < 4.78 is 28.3. The van der Waals surface area contributed by atoms with E-state index in [1.165, 1.54) is 17.8 Å². The van der Waals surface area contributed by atoms with Crippen LogP contribution in [-0.4, -0.2) is 37.6 Å². The lowest BCUT2D eigenvalue weighted by Crippen LogP contribution is -2.28. The highest BCUT2D eigenvalue weighted by Crippen LogP contribution is 2.27. The normalized spacial score (nSPS) is 13.5. The second-order valence-electron chi connectivity index (χ2n) is 7.63. The first-order valence-electron chi connectivity index (χ1n) is 10.5. The second-order valence-corrected chi connectivity index (χ2v) is 9.31. The monoisotopic (exact) mass is 431 g/mol. The largest absolute Gasteiger partial charge is 0.478 e. The van der Waals surface area contributed by atoms with E-state index >= 15 is 0 Å². The maximum absolute atomic E-state index is 12.9. The van der Waals surface area contributed by atoms with Crippen LogP contribution in [0.1, 0.15) is 61.0 Å². The zero-order chi connectivity index (χ0) is 21.7. The third-order valence-electron chi connectivity index (χ3n) is 5.27. The maximum atomic E-state index is 12.9. The SMILES string of the molecule is CCCN(CCC)c1ncc(NS(=O)(=O)c2ccc3c(c2)CCCC3)cc1C(=O)O. The van der Waals surface area contributed by atoms with Gasteiger partial charge in [0.2, 0.25) is 0 Å². The number of nitrogens with one attached hydrogen (secondary N) is 1. The first-order chi connectivity index (χ1) is 14.4. The predicted octanol–water partition coefficient (Wildman–Crippen LogP) is 4.09. The number of pyridine rings is 1. The fourth-order valence-electron chi connectivity index (χ4n) is 3.88. The van der Waals surface area contributed by atoms with E-state index in [4.69, 9.17) is 0 Å². The van der Waals surface area contributed by atoms with Crippen molar-refractivity contribution in [1.29, 1.82) is 0 Å². The van der Waals surface area contributed by atoms with Crippen molar-refractivity contribution in [3.8, 4) is 0 Å². The number of aromatic carboxylic acids is 1. The summed E-state index contributed by atoms with van der Waals surface area (Å²) in [4.78, 5) is 18.2. The molecule has 0 atom stereocenters. The topological polar surface area (TPSA) is 99.6 Å². The Morgan fingerprint density at radius 3 is 2.40 bits per heavy atom. The van der Waals surface area contributed by atoms with E-state index in [0.29, 0.717) is 18.9 Å². The molecule has 8 heteroatoms. The standard InChI is InChI=1S/C22H29N3O4S/c1-3-11-25(12-4-2)21-20(22(26)27)14-18(15-23-21)24-30(28,29)19-10-9-16-7-5-6-8-17(16)13-19/h9-10,13-15,24H,3-8,11-12H2,1-2H3,(H,26,27). The van der Waals surface area contributed by atoms with Crippen molar-refractivity contribution in [2.75, 3.05) is 22.7 Å². The van der Waals surface area contributed by atoms with Crippen molar-refractivity contribution >= 4 is 27.5 Å². The molecule has 0 fully saturated rings. The summed E-state index contributed by atoms with van der Waals surface area (Å²) >= 11 is 0. The van der Waals surface area contributed by atoms with Crippen LogP contribution in [0.4, 0.5) is 11.5 Å². The predicted molar refractivity (Wildman–Crippen MR) is 118 cm³/mol. The Balaban J connectivity index is 1.90. The number of hydrogen-bond acceptors (Lipinski definition) is 5. The smallest absolute Gasteiger partial charge is 0.339 e. The number of sulfonamides is 1. The van der Waals surface area contributed by atoms with Gasteiger partial charge in [-0.2, -0.15) is 0 Å². The molecule has 0 unspecified atom stereocenters. The number of carbonyl (C=O) groups is 1. The highest BCUT2D eigenvalue weighted by molar-refractivity contribution is 7.92. The molecule has 30 heavy (non-hydrogen) atoms. The van der Waals surface area contributed by atoms with Crippen LogP contribution >= 0.6 is 0 Å². The zero-order valence-corrected chi connectivity index (χ0v) is 18.3. The summed E-state index contributed by atoms with van der Waals surface area (Å²) in [7, 11) is -3.84. The lowest BCUT2D eigenvalue weighted by molar-refractivity contribution is 0.0697. The number of aryl methyl sites for hydroxylation is 2. The molecule has 0 saturated carbocycles. The number of nitrogens with zero attached hydrogens (tertiary/aromatic N) is 2. The summed E-state index contributed by atoms with van der Waals surface area (Å²) in [5.74, 6) is -0.771. The Hall–Kier alpha value is -2.61. The van der Waals surface area contributed by atoms with Crippen LogP contribution in [0, 0.1) is 0 Å². The number of fused-ring (bicyclic) bond motifs is 1. The van der Waals surface area contributed by atoms with Crippen LogP contribution in [0.25, 0.3) is 0 Å². The van der Waals surface area contributed by atoms with Gasteiger partial charge in [-0.25, -0.2) is 18.2 Å². The minimum absolute atomic E-state index is 0.0115. The van der Waals surface area contributed by atoms with Crippen molar-refractivity contribution in [3.63, 3.8) is 0 Å². The number of rotatable bonds is 9. The van der Waals surface area contributed by atoms with Crippen LogP contribution in [0.3, 0.4) is 0 Å². The van der Waals surface area contributed by atoms with Crippen LogP contribution in [0.5, 0.6) is 0 Å². The number of aromatic nitrogens is 1.